The smallest absolute Gasteiger partial charge is 0.136 e. The molecule has 0 saturated carbocycles. The van der Waals surface area contributed by atoms with Crippen molar-refractivity contribution < 1.29 is 9.90 Å². The molecule has 0 heterocycles. The molecule has 0 aromatic rings. The molecular formula is C9H19NO2. The molecule has 0 aliphatic heterocycles. The van der Waals surface area contributed by atoms with Crippen LogP contribution in [0, 0.1) is 5.92 Å². The van der Waals surface area contributed by atoms with Crippen LogP contribution in [0.2, 0.25) is 0 Å². The van der Waals surface area contributed by atoms with E-state index in [1.54, 1.807) is 0 Å². The van der Waals surface area contributed by atoms with Crippen LogP contribution in [0.5, 0.6) is 0 Å². The number of carbonyl (C=O) groups is 1. The molecule has 0 aromatic carbocycles. The highest BCUT2D eigenvalue weighted by Gasteiger charge is 2.05. The lowest BCUT2D eigenvalue weighted by Gasteiger charge is -2.04. The number of aliphatic hydroxyl groups is 1. The van der Waals surface area contributed by atoms with E-state index in [4.69, 9.17) is 5.11 Å². The summed E-state index contributed by atoms with van der Waals surface area (Å²) >= 11 is 0. The van der Waals surface area contributed by atoms with Crippen molar-refractivity contribution in [1.82, 2.24) is 5.32 Å². The van der Waals surface area contributed by atoms with Crippen LogP contribution in [0.15, 0.2) is 0 Å². The van der Waals surface area contributed by atoms with Gasteiger partial charge in [0.25, 0.3) is 0 Å². The highest BCUT2D eigenvalue weighted by Crippen LogP contribution is 1.96. The first-order valence-corrected chi connectivity index (χ1v) is 4.52. The molecular weight excluding hydrogens is 154 g/mol. The second-order valence-corrected chi connectivity index (χ2v) is 3.20. The molecule has 0 radical (unpaired) electrons. The zero-order valence-corrected chi connectivity index (χ0v) is 7.97. The van der Waals surface area contributed by atoms with Crippen LogP contribution in [-0.4, -0.2) is 30.6 Å². The van der Waals surface area contributed by atoms with Gasteiger partial charge in [0.05, 0.1) is 0 Å². The summed E-state index contributed by atoms with van der Waals surface area (Å²) in [4.78, 5) is 11.1. The lowest BCUT2D eigenvalue weighted by atomic mass is 10.1. The minimum atomic E-state index is 0.143. The zero-order valence-electron chi connectivity index (χ0n) is 7.97. The highest BCUT2D eigenvalue weighted by atomic mass is 16.3. The molecule has 0 spiro atoms. The first-order valence-electron chi connectivity index (χ1n) is 4.52. The Morgan fingerprint density at radius 2 is 2.08 bits per heavy atom. The first-order chi connectivity index (χ1) is 5.68. The molecule has 0 aliphatic carbocycles. The maximum Gasteiger partial charge on any atom is 0.136 e. The molecule has 0 bridgehead atoms. The number of nitrogens with one attached hydrogen (secondary N) is 1. The fraction of sp³-hybridized carbons (Fsp3) is 0.889. The topological polar surface area (TPSA) is 49.3 Å². The molecule has 3 heteroatoms. The Balaban J connectivity index is 3.14. The molecule has 0 aromatic heterocycles. The van der Waals surface area contributed by atoms with Gasteiger partial charge in [0.2, 0.25) is 0 Å². The number of Topliss-reactive ketones (excluding diaryl/α,β-unsaturated/α-hetero) is 1. The summed E-state index contributed by atoms with van der Waals surface area (Å²) in [5.41, 5.74) is 0. The Labute approximate surface area is 74.2 Å². The molecule has 0 fully saturated rings. The fourth-order valence-electron chi connectivity index (χ4n) is 0.829. The van der Waals surface area contributed by atoms with Gasteiger partial charge in [-0.15, -0.1) is 0 Å². The molecule has 2 N–H and O–H groups in total. The van der Waals surface area contributed by atoms with E-state index in [9.17, 15) is 4.79 Å². The van der Waals surface area contributed by atoms with Gasteiger partial charge in [-0.1, -0.05) is 13.8 Å². The summed E-state index contributed by atoms with van der Waals surface area (Å²) in [7, 11) is 0. The zero-order chi connectivity index (χ0) is 9.40. The van der Waals surface area contributed by atoms with E-state index >= 15 is 0 Å². The van der Waals surface area contributed by atoms with E-state index in [-0.39, 0.29) is 12.5 Å². The molecule has 0 rings (SSSR count). The third-order valence-electron chi connectivity index (χ3n) is 1.70. The average Bonchev–Trinajstić information content (AvgIpc) is 2.03. The average molecular weight is 173 g/mol. The van der Waals surface area contributed by atoms with Crippen LogP contribution in [0.1, 0.15) is 26.7 Å². The summed E-state index contributed by atoms with van der Waals surface area (Å²) in [5, 5.41) is 11.5. The van der Waals surface area contributed by atoms with Gasteiger partial charge in [0.15, 0.2) is 0 Å². The van der Waals surface area contributed by atoms with E-state index in [0.29, 0.717) is 12.2 Å². The molecule has 0 saturated heterocycles. The Bertz CT molecular complexity index is 124. The van der Waals surface area contributed by atoms with Crippen molar-refractivity contribution in [2.75, 3.05) is 19.7 Å². The van der Waals surface area contributed by atoms with Crippen molar-refractivity contribution in [2.45, 2.75) is 26.7 Å². The van der Waals surface area contributed by atoms with Crippen molar-refractivity contribution in [3.05, 3.63) is 0 Å². The van der Waals surface area contributed by atoms with Gasteiger partial charge in [-0.2, -0.15) is 0 Å². The second-order valence-electron chi connectivity index (χ2n) is 3.20. The van der Waals surface area contributed by atoms with E-state index in [2.05, 4.69) is 5.32 Å². The normalized spacial score (nSPS) is 10.7. The van der Waals surface area contributed by atoms with Crippen LogP contribution in [0.4, 0.5) is 0 Å². The number of hydrogen-bond donors (Lipinski definition) is 2. The first kappa shape index (κ1) is 11.6. The fourth-order valence-corrected chi connectivity index (χ4v) is 0.829. The van der Waals surface area contributed by atoms with Gasteiger partial charge < -0.3 is 10.4 Å². The predicted molar refractivity (Wildman–Crippen MR) is 49.0 cm³/mol. The number of ketones is 1. The molecule has 0 aliphatic rings. The van der Waals surface area contributed by atoms with E-state index in [0.717, 1.165) is 19.5 Å². The largest absolute Gasteiger partial charge is 0.396 e. The monoisotopic (exact) mass is 173 g/mol. The number of hydrogen-bond acceptors (Lipinski definition) is 3. The third kappa shape index (κ3) is 6.31. The maximum absolute atomic E-state index is 11.1. The van der Waals surface area contributed by atoms with Gasteiger partial charge in [0.1, 0.15) is 5.78 Å². The van der Waals surface area contributed by atoms with Crippen LogP contribution in [0.3, 0.4) is 0 Å². The van der Waals surface area contributed by atoms with Gasteiger partial charge >= 0.3 is 0 Å². The van der Waals surface area contributed by atoms with Gasteiger partial charge in [0, 0.05) is 25.5 Å². The van der Waals surface area contributed by atoms with Gasteiger partial charge in [-0.25, -0.2) is 0 Å². The van der Waals surface area contributed by atoms with Gasteiger partial charge in [-0.3, -0.25) is 4.79 Å². The maximum atomic E-state index is 11.1. The molecule has 0 amide bonds. The molecule has 0 unspecified atom stereocenters. The van der Waals surface area contributed by atoms with E-state index < -0.39 is 0 Å². The lowest BCUT2D eigenvalue weighted by Crippen LogP contribution is -2.21. The quantitative estimate of drug-likeness (QED) is 0.553. The van der Waals surface area contributed by atoms with Crippen LogP contribution in [-0.2, 0) is 4.79 Å². The Morgan fingerprint density at radius 3 is 2.58 bits per heavy atom. The molecule has 72 valence electrons. The summed E-state index contributed by atoms with van der Waals surface area (Å²) in [6, 6.07) is 0. The number of aliphatic hydroxyl groups excluding tert-OH is 1. The van der Waals surface area contributed by atoms with Crippen molar-refractivity contribution >= 4 is 5.78 Å². The Morgan fingerprint density at radius 1 is 1.42 bits per heavy atom. The van der Waals surface area contributed by atoms with Crippen molar-refractivity contribution in [2.24, 2.45) is 5.92 Å². The van der Waals surface area contributed by atoms with Crippen LogP contribution in [0.25, 0.3) is 0 Å². The van der Waals surface area contributed by atoms with Crippen LogP contribution >= 0.6 is 0 Å². The summed E-state index contributed by atoms with van der Waals surface area (Å²) in [6.07, 6.45) is 1.36. The second kappa shape index (κ2) is 7.25. The minimum absolute atomic E-state index is 0.143. The standard InChI is InChI=1S/C9H19NO2/c1-8(2)9(12)4-6-10-5-3-7-11/h8,10-11H,3-7H2,1-2H3. The Hall–Kier alpha value is -0.410. The van der Waals surface area contributed by atoms with E-state index in [1.807, 2.05) is 13.8 Å². The van der Waals surface area contributed by atoms with Crippen LogP contribution < -0.4 is 5.32 Å². The predicted octanol–water partition coefficient (Wildman–Crippen LogP) is 0.574. The van der Waals surface area contributed by atoms with Gasteiger partial charge in [-0.05, 0) is 13.0 Å². The SMILES string of the molecule is CC(C)C(=O)CCNCCCO. The minimum Gasteiger partial charge on any atom is -0.396 e. The van der Waals surface area contributed by atoms with E-state index in [1.165, 1.54) is 0 Å². The summed E-state index contributed by atoms with van der Waals surface area (Å²) < 4.78 is 0. The van der Waals surface area contributed by atoms with Crippen molar-refractivity contribution in [1.29, 1.82) is 0 Å². The van der Waals surface area contributed by atoms with Crippen molar-refractivity contribution in [3.63, 3.8) is 0 Å². The molecule has 0 atom stereocenters. The number of carbonyl (C=O) groups excluding carboxylic acids is 1. The summed E-state index contributed by atoms with van der Waals surface area (Å²) in [6.45, 7) is 5.57. The molecule has 3 nitrogen and oxygen atoms in total. The summed E-state index contributed by atoms with van der Waals surface area (Å²) in [5.74, 6) is 0.441. The lowest BCUT2D eigenvalue weighted by molar-refractivity contribution is -0.121. The molecule has 12 heavy (non-hydrogen) atoms. The Kier molecular flexibility index (Phi) is 7.00. The van der Waals surface area contributed by atoms with Crippen molar-refractivity contribution in [3.8, 4) is 0 Å². The highest BCUT2D eigenvalue weighted by molar-refractivity contribution is 5.80. The number of rotatable bonds is 7. The third-order valence-corrected chi connectivity index (χ3v) is 1.70.